The lowest BCUT2D eigenvalue weighted by Gasteiger charge is -2.29. The van der Waals surface area contributed by atoms with Crippen molar-refractivity contribution in [3.63, 3.8) is 0 Å². The first kappa shape index (κ1) is 10.7. The molecule has 0 aromatic rings. The Morgan fingerprint density at radius 2 is 1.54 bits per heavy atom. The van der Waals surface area contributed by atoms with Gasteiger partial charge >= 0.3 is 0 Å². The maximum absolute atomic E-state index is 4.85. The number of hydrogen-bond donors (Lipinski definition) is 0. The zero-order valence-corrected chi connectivity index (χ0v) is 9.72. The van der Waals surface area contributed by atoms with E-state index < -0.39 is 0 Å². The molecule has 2 atom stereocenters. The van der Waals surface area contributed by atoms with E-state index in [1.54, 1.807) is 0 Å². The van der Waals surface area contributed by atoms with Gasteiger partial charge in [-0.15, -0.1) is 0 Å². The average molecular weight is 181 g/mol. The average Bonchev–Trinajstić information content (AvgIpc) is 1.95. The van der Waals surface area contributed by atoms with Crippen molar-refractivity contribution in [1.29, 1.82) is 0 Å². The molecule has 0 aromatic heterocycles. The summed E-state index contributed by atoms with van der Waals surface area (Å²) in [6.45, 7) is 11.2. The Bertz CT molecular complexity index is 186. The zero-order chi connectivity index (χ0) is 10.1. The molecule has 0 heterocycles. The van der Waals surface area contributed by atoms with Gasteiger partial charge in [0.05, 0.1) is 5.54 Å². The normalized spacial score (nSPS) is 30.4. The summed E-state index contributed by atoms with van der Waals surface area (Å²) < 4.78 is 0. The second kappa shape index (κ2) is 3.81. The van der Waals surface area contributed by atoms with Crippen molar-refractivity contribution in [2.75, 3.05) is 0 Å². The summed E-state index contributed by atoms with van der Waals surface area (Å²) >= 11 is 0. The smallest absolute Gasteiger partial charge is 0.0523 e. The molecule has 1 aliphatic rings. The molecule has 1 rings (SSSR count). The first-order valence-electron chi connectivity index (χ1n) is 5.50. The highest BCUT2D eigenvalue weighted by atomic mass is 14.8. The maximum atomic E-state index is 4.85. The van der Waals surface area contributed by atoms with Crippen molar-refractivity contribution in [3.8, 4) is 0 Å². The van der Waals surface area contributed by atoms with Crippen molar-refractivity contribution >= 4 is 5.71 Å². The largest absolute Gasteiger partial charge is 0.288 e. The van der Waals surface area contributed by atoms with Gasteiger partial charge in [-0.1, -0.05) is 20.3 Å². The lowest BCUT2D eigenvalue weighted by Crippen LogP contribution is -2.28. The molecule has 13 heavy (non-hydrogen) atoms. The van der Waals surface area contributed by atoms with Gasteiger partial charge in [-0.2, -0.15) is 0 Å². The Morgan fingerprint density at radius 3 is 1.92 bits per heavy atom. The first-order chi connectivity index (χ1) is 5.90. The Kier molecular flexibility index (Phi) is 3.15. The van der Waals surface area contributed by atoms with E-state index in [0.29, 0.717) is 11.8 Å². The number of hydrogen-bond acceptors (Lipinski definition) is 1. The van der Waals surface area contributed by atoms with Gasteiger partial charge in [-0.05, 0) is 45.4 Å². The van der Waals surface area contributed by atoms with Crippen LogP contribution in [-0.2, 0) is 0 Å². The highest BCUT2D eigenvalue weighted by Crippen LogP contribution is 2.27. The van der Waals surface area contributed by atoms with Crippen LogP contribution < -0.4 is 0 Å². The lowest BCUT2D eigenvalue weighted by molar-refractivity contribution is 0.469. The van der Waals surface area contributed by atoms with E-state index in [1.807, 2.05) is 0 Å². The fraction of sp³-hybridized carbons (Fsp3) is 0.917. The maximum Gasteiger partial charge on any atom is 0.0523 e. The summed E-state index contributed by atoms with van der Waals surface area (Å²) in [5.74, 6) is 1.42. The van der Waals surface area contributed by atoms with Gasteiger partial charge in [0.25, 0.3) is 0 Å². The van der Waals surface area contributed by atoms with Crippen LogP contribution in [0.15, 0.2) is 4.99 Å². The van der Waals surface area contributed by atoms with E-state index in [2.05, 4.69) is 34.6 Å². The highest BCUT2D eigenvalue weighted by Gasteiger charge is 2.24. The van der Waals surface area contributed by atoms with Crippen molar-refractivity contribution in [3.05, 3.63) is 0 Å². The molecule has 0 amide bonds. The molecule has 0 aromatic carbocycles. The summed E-state index contributed by atoms with van der Waals surface area (Å²) in [4.78, 5) is 4.85. The third-order valence-electron chi connectivity index (χ3n) is 2.75. The molecular formula is C12H23N. The summed E-state index contributed by atoms with van der Waals surface area (Å²) in [6.07, 6.45) is 4.05. The molecule has 0 radical (unpaired) electrons. The summed E-state index contributed by atoms with van der Waals surface area (Å²) in [5, 5.41) is 0. The van der Waals surface area contributed by atoms with Crippen LogP contribution in [0.5, 0.6) is 0 Å². The second-order valence-electron chi connectivity index (χ2n) is 5.44. The minimum Gasteiger partial charge on any atom is -0.288 e. The van der Waals surface area contributed by atoms with Crippen LogP contribution in [-0.4, -0.2) is 11.3 Å². The third kappa shape index (κ3) is 3.13. The molecule has 76 valence electrons. The number of aliphatic imine (C=N–C) groups is 1. The SMILES string of the molecule is CC1CCCC(C)C1=NC(C)(C)C. The predicted octanol–water partition coefficient (Wildman–Crippen LogP) is 3.68. The third-order valence-corrected chi connectivity index (χ3v) is 2.75. The summed E-state index contributed by atoms with van der Waals surface area (Å²) in [6, 6.07) is 0. The topological polar surface area (TPSA) is 12.4 Å². The molecule has 0 N–H and O–H groups in total. The van der Waals surface area contributed by atoms with Crippen LogP contribution in [0.25, 0.3) is 0 Å². The second-order valence-corrected chi connectivity index (χ2v) is 5.44. The van der Waals surface area contributed by atoms with Crippen molar-refractivity contribution in [2.24, 2.45) is 16.8 Å². The molecular weight excluding hydrogens is 158 g/mol. The van der Waals surface area contributed by atoms with Crippen molar-refractivity contribution < 1.29 is 0 Å². The van der Waals surface area contributed by atoms with Crippen molar-refractivity contribution in [1.82, 2.24) is 0 Å². The lowest BCUT2D eigenvalue weighted by atomic mass is 9.81. The molecule has 1 heteroatoms. The Hall–Kier alpha value is -0.330. The first-order valence-corrected chi connectivity index (χ1v) is 5.50. The molecule has 2 unspecified atom stereocenters. The van der Waals surface area contributed by atoms with Gasteiger partial charge in [0.1, 0.15) is 0 Å². The van der Waals surface area contributed by atoms with Crippen LogP contribution >= 0.6 is 0 Å². The Labute approximate surface area is 82.6 Å². The standard InChI is InChI=1S/C12H23N/c1-9-7-6-8-10(2)11(9)13-12(3,4)5/h9-10H,6-8H2,1-5H3. The highest BCUT2D eigenvalue weighted by molar-refractivity contribution is 5.89. The predicted molar refractivity (Wildman–Crippen MR) is 59.4 cm³/mol. The summed E-state index contributed by atoms with van der Waals surface area (Å²) in [7, 11) is 0. The van der Waals surface area contributed by atoms with Crippen molar-refractivity contribution in [2.45, 2.75) is 59.4 Å². The fourth-order valence-corrected chi connectivity index (χ4v) is 2.12. The van der Waals surface area contributed by atoms with Crippen LogP contribution in [0, 0.1) is 11.8 Å². The van der Waals surface area contributed by atoms with Gasteiger partial charge in [0.15, 0.2) is 0 Å². The molecule has 1 saturated carbocycles. The van der Waals surface area contributed by atoms with Crippen LogP contribution in [0.2, 0.25) is 0 Å². The zero-order valence-electron chi connectivity index (χ0n) is 9.72. The molecule has 0 saturated heterocycles. The number of nitrogens with zero attached hydrogens (tertiary/aromatic N) is 1. The van der Waals surface area contributed by atoms with E-state index in [0.717, 1.165) is 0 Å². The molecule has 0 bridgehead atoms. The molecule has 1 nitrogen and oxygen atoms in total. The van der Waals surface area contributed by atoms with Crippen LogP contribution in [0.3, 0.4) is 0 Å². The van der Waals surface area contributed by atoms with E-state index in [9.17, 15) is 0 Å². The van der Waals surface area contributed by atoms with E-state index in [-0.39, 0.29) is 5.54 Å². The molecule has 1 aliphatic carbocycles. The van der Waals surface area contributed by atoms with Gasteiger partial charge in [0.2, 0.25) is 0 Å². The van der Waals surface area contributed by atoms with Gasteiger partial charge < -0.3 is 0 Å². The fourth-order valence-electron chi connectivity index (χ4n) is 2.12. The van der Waals surface area contributed by atoms with E-state index >= 15 is 0 Å². The minimum absolute atomic E-state index is 0.106. The minimum atomic E-state index is 0.106. The Balaban J connectivity index is 2.79. The molecule has 1 fully saturated rings. The monoisotopic (exact) mass is 181 g/mol. The quantitative estimate of drug-likeness (QED) is 0.540. The molecule has 0 spiro atoms. The van der Waals surface area contributed by atoms with E-state index in [1.165, 1.54) is 25.0 Å². The summed E-state index contributed by atoms with van der Waals surface area (Å²) in [5.41, 5.74) is 1.56. The van der Waals surface area contributed by atoms with Crippen LogP contribution in [0.1, 0.15) is 53.9 Å². The number of rotatable bonds is 0. The van der Waals surface area contributed by atoms with Crippen LogP contribution in [0.4, 0.5) is 0 Å². The molecule has 0 aliphatic heterocycles. The van der Waals surface area contributed by atoms with Gasteiger partial charge in [-0.3, -0.25) is 4.99 Å². The van der Waals surface area contributed by atoms with E-state index in [4.69, 9.17) is 4.99 Å². The van der Waals surface area contributed by atoms with Gasteiger partial charge in [-0.25, -0.2) is 0 Å². The Morgan fingerprint density at radius 1 is 1.08 bits per heavy atom. The van der Waals surface area contributed by atoms with Gasteiger partial charge in [0, 0.05) is 5.71 Å².